The van der Waals surface area contributed by atoms with Crippen LogP contribution in [0.5, 0.6) is 11.6 Å². The lowest BCUT2D eigenvalue weighted by Crippen LogP contribution is -2.34. The van der Waals surface area contributed by atoms with E-state index in [2.05, 4.69) is 31.9 Å². The Kier molecular flexibility index (Phi) is 5.97. The van der Waals surface area contributed by atoms with Gasteiger partial charge in [-0.15, -0.1) is 0 Å². The van der Waals surface area contributed by atoms with Gasteiger partial charge in [-0.25, -0.2) is 14.5 Å². The van der Waals surface area contributed by atoms with Crippen molar-refractivity contribution in [3.63, 3.8) is 0 Å². The van der Waals surface area contributed by atoms with E-state index in [0.717, 1.165) is 0 Å². The summed E-state index contributed by atoms with van der Waals surface area (Å²) in [7, 11) is 1.40. The molecule has 1 atom stereocenters. The van der Waals surface area contributed by atoms with Gasteiger partial charge in [-0.2, -0.15) is 18.3 Å². The fourth-order valence-electron chi connectivity index (χ4n) is 2.74. The molecule has 8 nitrogen and oxygen atoms in total. The SMILES string of the molecule is C=CCOc1nc(-c2cc(C(NCC)C(F)(F)F)ncc2OC)cn2ncnc12. The number of methoxy groups -OCH3 is 1. The maximum Gasteiger partial charge on any atom is 0.409 e. The average Bonchev–Trinajstić information content (AvgIpc) is 3.17. The van der Waals surface area contributed by atoms with Crippen LogP contribution in [0.4, 0.5) is 13.2 Å². The molecule has 29 heavy (non-hydrogen) atoms. The molecule has 11 heteroatoms. The van der Waals surface area contributed by atoms with Crippen molar-refractivity contribution in [3.8, 4) is 22.9 Å². The highest BCUT2D eigenvalue weighted by molar-refractivity contribution is 5.69. The first-order chi connectivity index (χ1) is 13.9. The molecule has 0 saturated carbocycles. The summed E-state index contributed by atoms with van der Waals surface area (Å²) in [5.74, 6) is 0.423. The lowest BCUT2D eigenvalue weighted by atomic mass is 10.1. The van der Waals surface area contributed by atoms with Crippen LogP contribution >= 0.6 is 0 Å². The molecule has 0 fully saturated rings. The molecule has 154 valence electrons. The van der Waals surface area contributed by atoms with Gasteiger partial charge in [0.05, 0.1) is 30.9 Å². The van der Waals surface area contributed by atoms with E-state index in [1.807, 2.05) is 0 Å². The number of aromatic nitrogens is 5. The summed E-state index contributed by atoms with van der Waals surface area (Å²) < 4.78 is 52.7. The number of rotatable bonds is 8. The van der Waals surface area contributed by atoms with Crippen molar-refractivity contribution in [1.29, 1.82) is 0 Å². The number of ether oxygens (including phenoxy) is 2. The molecule has 0 aliphatic carbocycles. The summed E-state index contributed by atoms with van der Waals surface area (Å²) in [6.45, 7) is 5.47. The normalized spacial score (nSPS) is 12.7. The van der Waals surface area contributed by atoms with E-state index >= 15 is 0 Å². The van der Waals surface area contributed by atoms with E-state index in [0.29, 0.717) is 16.9 Å². The second kappa shape index (κ2) is 8.43. The summed E-state index contributed by atoms with van der Waals surface area (Å²) in [6.07, 6.45) is 1.10. The van der Waals surface area contributed by atoms with E-state index in [-0.39, 0.29) is 30.5 Å². The average molecular weight is 408 g/mol. The van der Waals surface area contributed by atoms with Crippen molar-refractivity contribution in [1.82, 2.24) is 29.9 Å². The lowest BCUT2D eigenvalue weighted by Gasteiger charge is -2.21. The van der Waals surface area contributed by atoms with Crippen LogP contribution in [-0.4, -0.2) is 51.0 Å². The van der Waals surface area contributed by atoms with Gasteiger partial charge in [-0.1, -0.05) is 19.6 Å². The zero-order valence-corrected chi connectivity index (χ0v) is 15.8. The highest BCUT2D eigenvalue weighted by Crippen LogP contribution is 2.36. The van der Waals surface area contributed by atoms with Gasteiger partial charge in [0.1, 0.15) is 24.7 Å². The molecular formula is C18H19F3N6O2. The van der Waals surface area contributed by atoms with Gasteiger partial charge in [-0.05, 0) is 12.6 Å². The molecule has 3 aromatic heterocycles. The minimum Gasteiger partial charge on any atom is -0.494 e. The molecule has 0 radical (unpaired) electrons. The summed E-state index contributed by atoms with van der Waals surface area (Å²) in [5, 5.41) is 6.47. The topological polar surface area (TPSA) is 86.5 Å². The summed E-state index contributed by atoms with van der Waals surface area (Å²) in [5.41, 5.74) is 0.763. The van der Waals surface area contributed by atoms with E-state index in [1.165, 1.54) is 42.5 Å². The Morgan fingerprint density at radius 3 is 2.79 bits per heavy atom. The van der Waals surface area contributed by atoms with Crippen molar-refractivity contribution >= 4 is 5.65 Å². The van der Waals surface area contributed by atoms with Gasteiger partial charge in [0, 0.05) is 5.56 Å². The Labute approximate surface area is 164 Å². The van der Waals surface area contributed by atoms with Crippen molar-refractivity contribution in [2.75, 3.05) is 20.3 Å². The summed E-state index contributed by atoms with van der Waals surface area (Å²) in [4.78, 5) is 12.4. The molecule has 0 aliphatic heterocycles. The second-order valence-corrected chi connectivity index (χ2v) is 5.90. The zero-order chi connectivity index (χ0) is 21.0. The zero-order valence-electron chi connectivity index (χ0n) is 15.8. The molecule has 0 aliphatic rings. The molecule has 0 spiro atoms. The molecule has 3 heterocycles. The molecule has 1 unspecified atom stereocenters. The van der Waals surface area contributed by atoms with Crippen LogP contribution in [0.2, 0.25) is 0 Å². The quantitative estimate of drug-likeness (QED) is 0.574. The third-order valence-corrected chi connectivity index (χ3v) is 3.98. The van der Waals surface area contributed by atoms with Gasteiger partial charge in [-0.3, -0.25) is 4.98 Å². The standard InChI is InChI=1S/C18H19F3N6O2/c1-4-6-29-17-16-24-10-25-27(16)9-13(26-17)11-7-12(23-8-14(11)28-3)15(22-5-2)18(19,20)21/h4,7-10,15,22H,1,5-6H2,2-3H3. The van der Waals surface area contributed by atoms with Gasteiger partial charge < -0.3 is 14.8 Å². The molecule has 0 aromatic carbocycles. The monoisotopic (exact) mass is 408 g/mol. The molecular weight excluding hydrogens is 389 g/mol. The fraction of sp³-hybridized carbons (Fsp3) is 0.333. The Balaban J connectivity index is 2.15. The number of fused-ring (bicyclic) bond motifs is 1. The first-order valence-corrected chi connectivity index (χ1v) is 8.67. The van der Waals surface area contributed by atoms with Gasteiger partial charge in [0.25, 0.3) is 5.88 Å². The van der Waals surface area contributed by atoms with Gasteiger partial charge in [0.2, 0.25) is 5.65 Å². The highest BCUT2D eigenvalue weighted by atomic mass is 19.4. The van der Waals surface area contributed by atoms with Gasteiger partial charge in [0.15, 0.2) is 0 Å². The smallest absolute Gasteiger partial charge is 0.409 e. The van der Waals surface area contributed by atoms with Crippen LogP contribution < -0.4 is 14.8 Å². The van der Waals surface area contributed by atoms with Crippen LogP contribution in [-0.2, 0) is 0 Å². The van der Waals surface area contributed by atoms with Crippen molar-refractivity contribution < 1.29 is 22.6 Å². The van der Waals surface area contributed by atoms with E-state index in [4.69, 9.17) is 9.47 Å². The molecule has 3 rings (SSSR count). The van der Waals surface area contributed by atoms with Gasteiger partial charge >= 0.3 is 6.18 Å². The number of pyridine rings is 1. The minimum atomic E-state index is -4.52. The maximum absolute atomic E-state index is 13.5. The molecule has 0 saturated heterocycles. The minimum absolute atomic E-state index is 0.121. The van der Waals surface area contributed by atoms with Crippen molar-refractivity contribution in [2.45, 2.75) is 19.1 Å². The number of nitrogens with one attached hydrogen (secondary N) is 1. The van der Waals surface area contributed by atoms with Crippen LogP contribution in [0.3, 0.4) is 0 Å². The molecule has 3 aromatic rings. The van der Waals surface area contributed by atoms with Crippen LogP contribution in [0.25, 0.3) is 16.9 Å². The Morgan fingerprint density at radius 1 is 1.34 bits per heavy atom. The number of nitrogens with zero attached hydrogens (tertiary/aromatic N) is 5. The van der Waals surface area contributed by atoms with Crippen LogP contribution in [0.15, 0.2) is 37.4 Å². The maximum atomic E-state index is 13.5. The molecule has 0 bridgehead atoms. The Hall–Kier alpha value is -3.21. The number of halogens is 3. The third-order valence-electron chi connectivity index (χ3n) is 3.98. The number of alkyl halides is 3. The second-order valence-electron chi connectivity index (χ2n) is 5.90. The Bertz CT molecular complexity index is 1000. The molecule has 0 amide bonds. The van der Waals surface area contributed by atoms with E-state index < -0.39 is 12.2 Å². The van der Waals surface area contributed by atoms with Crippen LogP contribution in [0.1, 0.15) is 18.7 Å². The third kappa shape index (κ3) is 4.29. The first-order valence-electron chi connectivity index (χ1n) is 8.67. The molecule has 1 N–H and O–H groups in total. The summed E-state index contributed by atoms with van der Waals surface area (Å²) >= 11 is 0. The van der Waals surface area contributed by atoms with E-state index in [9.17, 15) is 13.2 Å². The number of hydrogen-bond acceptors (Lipinski definition) is 7. The Morgan fingerprint density at radius 2 is 2.14 bits per heavy atom. The fourth-order valence-corrected chi connectivity index (χ4v) is 2.74. The lowest BCUT2D eigenvalue weighted by molar-refractivity contribution is -0.158. The first kappa shape index (κ1) is 20.5. The number of hydrogen-bond donors (Lipinski definition) is 1. The largest absolute Gasteiger partial charge is 0.494 e. The van der Waals surface area contributed by atoms with Crippen molar-refractivity contribution in [2.24, 2.45) is 0 Å². The van der Waals surface area contributed by atoms with Crippen LogP contribution in [0, 0.1) is 0 Å². The van der Waals surface area contributed by atoms with Crippen molar-refractivity contribution in [3.05, 3.63) is 43.1 Å². The predicted octanol–water partition coefficient (Wildman–Crippen LogP) is 2.97. The predicted molar refractivity (Wildman–Crippen MR) is 98.7 cm³/mol. The highest BCUT2D eigenvalue weighted by Gasteiger charge is 2.41. The summed E-state index contributed by atoms with van der Waals surface area (Å²) in [6, 6.07) is -0.633. The van der Waals surface area contributed by atoms with E-state index in [1.54, 1.807) is 6.92 Å².